The molecule has 2 aliphatic carbocycles. The molecule has 2 aliphatic rings. The molecule has 4 atom stereocenters. The first-order chi connectivity index (χ1) is 20.5. The third-order valence-electron chi connectivity index (χ3n) is 9.74. The van der Waals surface area contributed by atoms with E-state index in [-0.39, 0.29) is 5.41 Å². The van der Waals surface area contributed by atoms with Gasteiger partial charge < -0.3 is 0 Å². The molecule has 5 aromatic rings. The Kier molecular flexibility index (Phi) is 6.82. The lowest BCUT2D eigenvalue weighted by Gasteiger charge is -2.51. The molecule has 2 bridgehead atoms. The second-order valence-electron chi connectivity index (χ2n) is 12.7. The van der Waals surface area contributed by atoms with Crippen LogP contribution in [0.15, 0.2) is 91.0 Å². The highest BCUT2D eigenvalue weighted by molar-refractivity contribution is 5.99. The predicted octanol–water partition coefficient (Wildman–Crippen LogP) is 9.39. The SMILES string of the molecule is CC[C@H]1C[C@H]2C[C@@H](C)CC(c3ccc(-c4nc(-c5ccccc5)nc(-c5ccccc5)n4)c4cc(C#N)ccc34)(C2)C1. The molecule has 4 aromatic carbocycles. The number of hydrogen-bond donors (Lipinski definition) is 0. The molecule has 1 heterocycles. The molecule has 4 heteroatoms. The summed E-state index contributed by atoms with van der Waals surface area (Å²) in [5, 5.41) is 12.2. The Balaban J connectivity index is 1.45. The van der Waals surface area contributed by atoms with Crippen LogP contribution in [0.3, 0.4) is 0 Å². The molecule has 2 saturated carbocycles. The fourth-order valence-corrected chi connectivity index (χ4v) is 8.14. The van der Waals surface area contributed by atoms with Crippen molar-refractivity contribution in [3.63, 3.8) is 0 Å². The van der Waals surface area contributed by atoms with Crippen LogP contribution in [0.1, 0.15) is 63.5 Å². The number of rotatable bonds is 5. The Labute approximate surface area is 248 Å². The summed E-state index contributed by atoms with van der Waals surface area (Å²) < 4.78 is 0. The average Bonchev–Trinajstić information content (AvgIpc) is 3.04. The van der Waals surface area contributed by atoms with Gasteiger partial charge in [0.15, 0.2) is 17.5 Å². The summed E-state index contributed by atoms with van der Waals surface area (Å²) in [5.74, 6) is 4.22. The van der Waals surface area contributed by atoms with E-state index >= 15 is 0 Å². The maximum absolute atomic E-state index is 9.91. The van der Waals surface area contributed by atoms with Crippen LogP contribution < -0.4 is 0 Å². The summed E-state index contributed by atoms with van der Waals surface area (Å²) in [6.07, 6.45) is 7.72. The molecular formula is C38H36N4. The summed E-state index contributed by atoms with van der Waals surface area (Å²) in [4.78, 5) is 15.0. The number of nitriles is 1. The number of hydrogen-bond acceptors (Lipinski definition) is 4. The van der Waals surface area contributed by atoms with E-state index in [1.165, 1.54) is 49.5 Å². The standard InChI is InChI=1S/C38H36N4/c1-3-26-19-28-18-25(2)21-38(22-26,23-28)34-17-16-32(33-20-27(24-39)14-15-31(33)34)37-41-35(29-10-6-4-7-11-29)40-36(42-37)30-12-8-5-9-13-30/h4-17,20,25-26,28H,3,18-19,21-23H2,1-2H3/t25-,26+,28-,38?/m1/s1. The molecular weight excluding hydrogens is 512 g/mol. The largest absolute Gasteiger partial charge is 0.208 e. The average molecular weight is 549 g/mol. The normalized spacial score (nSPS) is 23.4. The van der Waals surface area contributed by atoms with Gasteiger partial charge in [0, 0.05) is 16.7 Å². The molecule has 0 N–H and O–H groups in total. The van der Waals surface area contributed by atoms with E-state index in [0.29, 0.717) is 23.0 Å². The van der Waals surface area contributed by atoms with Crippen LogP contribution in [0.5, 0.6) is 0 Å². The quantitative estimate of drug-likeness (QED) is 0.219. The van der Waals surface area contributed by atoms with Crippen molar-refractivity contribution in [2.45, 2.75) is 57.8 Å². The number of fused-ring (bicyclic) bond motifs is 3. The van der Waals surface area contributed by atoms with Gasteiger partial charge >= 0.3 is 0 Å². The van der Waals surface area contributed by atoms with Gasteiger partial charge in [-0.3, -0.25) is 0 Å². The highest BCUT2D eigenvalue weighted by Crippen LogP contribution is 2.56. The van der Waals surface area contributed by atoms with E-state index in [9.17, 15) is 5.26 Å². The first-order valence-electron chi connectivity index (χ1n) is 15.4. The van der Waals surface area contributed by atoms with Crippen molar-refractivity contribution in [3.05, 3.63) is 102 Å². The van der Waals surface area contributed by atoms with E-state index in [1.54, 1.807) is 0 Å². The van der Waals surface area contributed by atoms with Crippen molar-refractivity contribution in [2.24, 2.45) is 17.8 Å². The monoisotopic (exact) mass is 548 g/mol. The molecule has 0 radical (unpaired) electrons. The van der Waals surface area contributed by atoms with Crippen molar-refractivity contribution in [2.75, 3.05) is 0 Å². The van der Waals surface area contributed by atoms with Gasteiger partial charge in [0.2, 0.25) is 0 Å². The smallest absolute Gasteiger partial charge is 0.164 e. The Bertz CT molecular complexity index is 1730. The van der Waals surface area contributed by atoms with E-state index in [1.807, 2.05) is 72.8 Å². The Morgan fingerprint density at radius 1 is 0.738 bits per heavy atom. The van der Waals surface area contributed by atoms with Crippen molar-refractivity contribution >= 4 is 10.8 Å². The Morgan fingerprint density at radius 2 is 1.40 bits per heavy atom. The van der Waals surface area contributed by atoms with E-state index < -0.39 is 0 Å². The van der Waals surface area contributed by atoms with Crippen LogP contribution in [0.4, 0.5) is 0 Å². The third-order valence-corrected chi connectivity index (χ3v) is 9.74. The fraction of sp³-hybridized carbons (Fsp3) is 0.316. The van der Waals surface area contributed by atoms with Crippen LogP contribution in [0, 0.1) is 29.1 Å². The van der Waals surface area contributed by atoms with E-state index in [0.717, 1.165) is 39.8 Å². The van der Waals surface area contributed by atoms with Gasteiger partial charge in [-0.25, -0.2) is 15.0 Å². The highest BCUT2D eigenvalue weighted by Gasteiger charge is 2.46. The molecule has 0 amide bonds. The molecule has 42 heavy (non-hydrogen) atoms. The fourth-order valence-electron chi connectivity index (χ4n) is 8.14. The Morgan fingerprint density at radius 3 is 2.05 bits per heavy atom. The van der Waals surface area contributed by atoms with Gasteiger partial charge in [-0.1, -0.05) is 99.1 Å². The summed E-state index contributed by atoms with van der Waals surface area (Å²) >= 11 is 0. The molecule has 0 aliphatic heterocycles. The topological polar surface area (TPSA) is 62.5 Å². The van der Waals surface area contributed by atoms with Gasteiger partial charge in [0.1, 0.15) is 0 Å². The first-order valence-corrected chi connectivity index (χ1v) is 15.4. The number of nitrogens with zero attached hydrogens (tertiary/aromatic N) is 4. The van der Waals surface area contributed by atoms with E-state index in [4.69, 9.17) is 15.0 Å². The number of aromatic nitrogens is 3. The minimum absolute atomic E-state index is 0.176. The van der Waals surface area contributed by atoms with Gasteiger partial charge in [0.05, 0.1) is 11.6 Å². The second kappa shape index (κ2) is 10.8. The predicted molar refractivity (Wildman–Crippen MR) is 170 cm³/mol. The van der Waals surface area contributed by atoms with Crippen LogP contribution in [-0.2, 0) is 5.41 Å². The summed E-state index contributed by atoms with van der Waals surface area (Å²) in [7, 11) is 0. The van der Waals surface area contributed by atoms with Crippen LogP contribution in [-0.4, -0.2) is 15.0 Å². The highest BCUT2D eigenvalue weighted by atomic mass is 15.0. The molecule has 0 saturated heterocycles. The lowest BCUT2D eigenvalue weighted by atomic mass is 9.53. The molecule has 2 fully saturated rings. The maximum atomic E-state index is 9.91. The van der Waals surface area contributed by atoms with Gasteiger partial charge in [-0.15, -0.1) is 0 Å². The van der Waals surface area contributed by atoms with Crippen molar-refractivity contribution in [1.82, 2.24) is 15.0 Å². The second-order valence-corrected chi connectivity index (χ2v) is 12.7. The molecule has 1 unspecified atom stereocenters. The number of benzene rings is 4. The summed E-state index contributed by atoms with van der Waals surface area (Å²) in [5.41, 5.74) is 5.12. The molecule has 4 nitrogen and oxygen atoms in total. The van der Waals surface area contributed by atoms with Crippen molar-refractivity contribution in [3.8, 4) is 40.2 Å². The first kappa shape index (κ1) is 26.5. The molecule has 7 rings (SSSR count). The van der Waals surface area contributed by atoms with Crippen LogP contribution >= 0.6 is 0 Å². The molecule has 0 spiro atoms. The van der Waals surface area contributed by atoms with Crippen molar-refractivity contribution < 1.29 is 0 Å². The zero-order chi connectivity index (χ0) is 28.7. The Hall–Kier alpha value is -4.36. The van der Waals surface area contributed by atoms with Crippen LogP contribution in [0.25, 0.3) is 44.9 Å². The van der Waals surface area contributed by atoms with Gasteiger partial charge in [0.25, 0.3) is 0 Å². The summed E-state index contributed by atoms with van der Waals surface area (Å²) in [6, 6.07) is 33.4. The summed E-state index contributed by atoms with van der Waals surface area (Å²) in [6.45, 7) is 4.80. The third kappa shape index (κ3) is 4.77. The lowest BCUT2D eigenvalue weighted by molar-refractivity contribution is 0.0712. The van der Waals surface area contributed by atoms with Gasteiger partial charge in [-0.2, -0.15) is 5.26 Å². The van der Waals surface area contributed by atoms with Crippen LogP contribution in [0.2, 0.25) is 0 Å². The van der Waals surface area contributed by atoms with Crippen molar-refractivity contribution in [1.29, 1.82) is 5.26 Å². The lowest BCUT2D eigenvalue weighted by Crippen LogP contribution is -2.42. The van der Waals surface area contributed by atoms with Gasteiger partial charge in [-0.05, 0) is 83.7 Å². The molecule has 1 aromatic heterocycles. The molecule has 208 valence electrons. The zero-order valence-electron chi connectivity index (χ0n) is 24.4. The minimum atomic E-state index is 0.176. The maximum Gasteiger partial charge on any atom is 0.164 e. The minimum Gasteiger partial charge on any atom is -0.208 e. The zero-order valence-corrected chi connectivity index (χ0v) is 24.4. The van der Waals surface area contributed by atoms with E-state index in [2.05, 4.69) is 38.1 Å².